The maximum absolute atomic E-state index is 6.05. The number of rotatable bonds is 2. The van der Waals surface area contributed by atoms with E-state index in [1.165, 1.54) is 27.3 Å². The molecule has 2 heterocycles. The average Bonchev–Trinajstić information content (AvgIpc) is 3.13. The summed E-state index contributed by atoms with van der Waals surface area (Å²) in [4.78, 5) is 1.30. The van der Waals surface area contributed by atoms with Crippen LogP contribution in [0.5, 0.6) is 0 Å². The number of benzene rings is 2. The molecule has 3 heteroatoms. The second kappa shape index (κ2) is 5.21. The van der Waals surface area contributed by atoms with Gasteiger partial charge in [-0.05, 0) is 47.4 Å². The number of anilines is 1. The predicted octanol–water partition coefficient (Wildman–Crippen LogP) is 5.78. The molecule has 0 saturated carbocycles. The molecule has 1 N–H and O–H groups in total. The van der Waals surface area contributed by atoms with E-state index in [-0.39, 0.29) is 0 Å². The highest BCUT2D eigenvalue weighted by Crippen LogP contribution is 2.39. The van der Waals surface area contributed by atoms with E-state index in [0.29, 0.717) is 6.04 Å². The smallest absolute Gasteiger partial charge is 0.0932 e. The summed E-state index contributed by atoms with van der Waals surface area (Å²) in [6.45, 7) is 0. The van der Waals surface area contributed by atoms with Crippen LogP contribution in [-0.2, 0) is 6.42 Å². The summed E-state index contributed by atoms with van der Waals surface area (Å²) in [7, 11) is 0. The first kappa shape index (κ1) is 12.9. The zero-order valence-corrected chi connectivity index (χ0v) is 12.9. The molecule has 0 saturated heterocycles. The van der Waals surface area contributed by atoms with Crippen LogP contribution in [0.4, 0.5) is 5.69 Å². The Labute approximate surface area is 133 Å². The van der Waals surface area contributed by atoms with Crippen molar-refractivity contribution < 1.29 is 0 Å². The molecule has 0 spiro atoms. The topological polar surface area (TPSA) is 12.0 Å². The van der Waals surface area contributed by atoms with Crippen LogP contribution in [0.25, 0.3) is 11.1 Å². The van der Waals surface area contributed by atoms with Gasteiger partial charge in [-0.25, -0.2) is 0 Å². The third kappa shape index (κ3) is 2.45. The van der Waals surface area contributed by atoms with Crippen molar-refractivity contribution in [1.82, 2.24) is 0 Å². The highest BCUT2D eigenvalue weighted by Gasteiger charge is 2.23. The maximum Gasteiger partial charge on any atom is 0.0932 e. The van der Waals surface area contributed by atoms with Crippen molar-refractivity contribution in [1.29, 1.82) is 0 Å². The highest BCUT2D eigenvalue weighted by atomic mass is 35.5. The number of hydrogen-bond acceptors (Lipinski definition) is 2. The lowest BCUT2D eigenvalue weighted by molar-refractivity contribution is 0.843. The van der Waals surface area contributed by atoms with Gasteiger partial charge in [0, 0.05) is 10.6 Å². The van der Waals surface area contributed by atoms with Crippen molar-refractivity contribution in [2.75, 3.05) is 5.32 Å². The summed E-state index contributed by atoms with van der Waals surface area (Å²) in [5.41, 5.74) is 5.17. The van der Waals surface area contributed by atoms with Crippen LogP contribution >= 0.6 is 22.9 Å². The summed E-state index contributed by atoms with van der Waals surface area (Å²) >= 11 is 7.71. The van der Waals surface area contributed by atoms with Crippen LogP contribution in [0, 0.1) is 0 Å². The van der Waals surface area contributed by atoms with Crippen LogP contribution in [0.3, 0.4) is 0 Å². The Balaban J connectivity index is 1.65. The van der Waals surface area contributed by atoms with Crippen LogP contribution in [0.1, 0.15) is 16.5 Å². The largest absolute Gasteiger partial charge is 0.377 e. The monoisotopic (exact) mass is 311 g/mol. The SMILES string of the molecule is Clc1ccc(C2Cc3cc(-c4ccccc4)ccc3N2)s1. The van der Waals surface area contributed by atoms with Gasteiger partial charge in [0.25, 0.3) is 0 Å². The van der Waals surface area contributed by atoms with Gasteiger partial charge in [-0.3, -0.25) is 0 Å². The highest BCUT2D eigenvalue weighted by molar-refractivity contribution is 7.16. The fourth-order valence-electron chi connectivity index (χ4n) is 2.86. The van der Waals surface area contributed by atoms with Crippen molar-refractivity contribution in [2.24, 2.45) is 0 Å². The van der Waals surface area contributed by atoms with Crippen molar-refractivity contribution in [3.63, 3.8) is 0 Å². The van der Waals surface area contributed by atoms with E-state index in [2.05, 4.69) is 59.9 Å². The van der Waals surface area contributed by atoms with Crippen molar-refractivity contribution in [3.05, 3.63) is 75.4 Å². The van der Waals surface area contributed by atoms with Crippen molar-refractivity contribution in [2.45, 2.75) is 12.5 Å². The third-order valence-corrected chi connectivity index (χ3v) is 5.25. The normalized spacial score (nSPS) is 16.5. The van der Waals surface area contributed by atoms with Gasteiger partial charge in [-0.2, -0.15) is 0 Å². The van der Waals surface area contributed by atoms with E-state index in [1.807, 2.05) is 6.07 Å². The average molecular weight is 312 g/mol. The van der Waals surface area contributed by atoms with Gasteiger partial charge in [0.05, 0.1) is 10.4 Å². The molecule has 1 aliphatic heterocycles. The van der Waals surface area contributed by atoms with Gasteiger partial charge in [0.1, 0.15) is 0 Å². The van der Waals surface area contributed by atoms with Gasteiger partial charge in [0.15, 0.2) is 0 Å². The Kier molecular flexibility index (Phi) is 3.21. The van der Waals surface area contributed by atoms with E-state index >= 15 is 0 Å². The molecule has 104 valence electrons. The number of halogens is 1. The summed E-state index contributed by atoms with van der Waals surface area (Å²) in [6, 6.07) is 21.6. The Bertz CT molecular complexity index is 779. The van der Waals surface area contributed by atoms with Gasteiger partial charge in [-0.15, -0.1) is 11.3 Å². The van der Waals surface area contributed by atoms with Crippen LogP contribution < -0.4 is 5.32 Å². The summed E-state index contributed by atoms with van der Waals surface area (Å²) in [6.07, 6.45) is 1.02. The molecular formula is C18H14ClNS. The van der Waals surface area contributed by atoms with E-state index < -0.39 is 0 Å². The lowest BCUT2D eigenvalue weighted by atomic mass is 10.0. The molecule has 3 aromatic rings. The molecule has 0 amide bonds. The first-order chi connectivity index (χ1) is 10.3. The van der Waals surface area contributed by atoms with Gasteiger partial charge in [0.2, 0.25) is 0 Å². The second-order valence-electron chi connectivity index (χ2n) is 5.28. The summed E-state index contributed by atoms with van der Waals surface area (Å²) in [5.74, 6) is 0. The molecule has 1 unspecified atom stereocenters. The number of hydrogen-bond donors (Lipinski definition) is 1. The molecular weight excluding hydrogens is 298 g/mol. The predicted molar refractivity (Wildman–Crippen MR) is 91.3 cm³/mol. The maximum atomic E-state index is 6.05. The molecule has 4 rings (SSSR count). The van der Waals surface area contributed by atoms with E-state index in [4.69, 9.17) is 11.6 Å². The number of thiophene rings is 1. The summed E-state index contributed by atoms with van der Waals surface area (Å²) in [5, 5.41) is 3.59. The van der Waals surface area contributed by atoms with Gasteiger partial charge in [-0.1, -0.05) is 48.0 Å². The molecule has 21 heavy (non-hydrogen) atoms. The Morgan fingerprint density at radius 3 is 2.57 bits per heavy atom. The van der Waals surface area contributed by atoms with Crippen molar-refractivity contribution in [3.8, 4) is 11.1 Å². The lowest BCUT2D eigenvalue weighted by Gasteiger charge is -2.07. The van der Waals surface area contributed by atoms with Crippen LogP contribution in [0.2, 0.25) is 4.34 Å². The molecule has 1 nitrogen and oxygen atoms in total. The molecule has 1 atom stereocenters. The Hall–Kier alpha value is -1.77. The molecule has 2 aromatic carbocycles. The molecule has 0 aliphatic carbocycles. The first-order valence-electron chi connectivity index (χ1n) is 7.00. The Morgan fingerprint density at radius 2 is 1.81 bits per heavy atom. The third-order valence-electron chi connectivity index (χ3n) is 3.90. The van der Waals surface area contributed by atoms with E-state index in [1.54, 1.807) is 11.3 Å². The first-order valence-corrected chi connectivity index (χ1v) is 8.19. The quantitative estimate of drug-likeness (QED) is 0.632. The molecule has 0 bridgehead atoms. The standard InChI is InChI=1S/C18H14ClNS/c19-18-9-8-17(21-18)16-11-14-10-13(6-7-15(14)20-16)12-4-2-1-3-5-12/h1-10,16,20H,11H2. The van der Waals surface area contributed by atoms with E-state index in [9.17, 15) is 0 Å². The molecule has 1 aliphatic rings. The fraction of sp³-hybridized carbons (Fsp3) is 0.111. The zero-order valence-electron chi connectivity index (χ0n) is 11.3. The second-order valence-corrected chi connectivity index (χ2v) is 7.03. The fourth-order valence-corrected chi connectivity index (χ4v) is 3.97. The lowest BCUT2D eigenvalue weighted by Crippen LogP contribution is -2.02. The summed E-state index contributed by atoms with van der Waals surface area (Å²) < 4.78 is 0.854. The minimum Gasteiger partial charge on any atom is -0.377 e. The minimum atomic E-state index is 0.350. The van der Waals surface area contributed by atoms with Crippen LogP contribution in [0.15, 0.2) is 60.7 Å². The zero-order chi connectivity index (χ0) is 14.2. The van der Waals surface area contributed by atoms with E-state index in [0.717, 1.165) is 10.8 Å². The Morgan fingerprint density at radius 1 is 0.952 bits per heavy atom. The van der Waals surface area contributed by atoms with Gasteiger partial charge < -0.3 is 5.32 Å². The van der Waals surface area contributed by atoms with Crippen molar-refractivity contribution >= 4 is 28.6 Å². The van der Waals surface area contributed by atoms with Crippen LogP contribution in [-0.4, -0.2) is 0 Å². The number of fused-ring (bicyclic) bond motifs is 1. The number of nitrogens with one attached hydrogen (secondary N) is 1. The molecule has 1 aromatic heterocycles. The van der Waals surface area contributed by atoms with Gasteiger partial charge >= 0.3 is 0 Å². The molecule has 0 fully saturated rings. The molecule has 0 radical (unpaired) electrons. The minimum absolute atomic E-state index is 0.350.